The molecule has 4 heteroatoms. The normalized spacial score (nSPS) is 20.6. The fourth-order valence-corrected chi connectivity index (χ4v) is 3.42. The summed E-state index contributed by atoms with van der Waals surface area (Å²) in [5, 5.41) is 0. The molecular weight excluding hydrogens is 284 g/mol. The van der Waals surface area contributed by atoms with Crippen LogP contribution in [0.3, 0.4) is 0 Å². The van der Waals surface area contributed by atoms with Gasteiger partial charge in [-0.05, 0) is 43.7 Å². The summed E-state index contributed by atoms with van der Waals surface area (Å²) in [5.41, 5.74) is 2.62. The molecule has 3 heterocycles. The van der Waals surface area contributed by atoms with Crippen molar-refractivity contribution in [3.63, 3.8) is 0 Å². The zero-order valence-electron chi connectivity index (χ0n) is 14.7. The van der Waals surface area contributed by atoms with Gasteiger partial charge in [0, 0.05) is 44.1 Å². The van der Waals surface area contributed by atoms with Gasteiger partial charge in [-0.25, -0.2) is 9.97 Å². The Kier molecular flexibility index (Phi) is 5.65. The molecule has 1 aromatic heterocycles. The monoisotopic (exact) mass is 314 g/mol. The van der Waals surface area contributed by atoms with Crippen molar-refractivity contribution >= 4 is 11.5 Å². The third-order valence-electron chi connectivity index (χ3n) is 5.20. The van der Waals surface area contributed by atoms with Gasteiger partial charge in [0.2, 0.25) is 5.95 Å². The Morgan fingerprint density at radius 2 is 1.87 bits per heavy atom. The minimum absolute atomic E-state index is 0.841. The van der Waals surface area contributed by atoms with E-state index in [1.54, 1.807) is 0 Å². The van der Waals surface area contributed by atoms with Crippen LogP contribution in [0.5, 0.6) is 0 Å². The molecule has 0 aliphatic carbocycles. The van der Waals surface area contributed by atoms with Crippen molar-refractivity contribution < 1.29 is 0 Å². The van der Waals surface area contributed by atoms with Crippen LogP contribution >= 0.6 is 0 Å². The van der Waals surface area contributed by atoms with Gasteiger partial charge in [-0.3, -0.25) is 4.90 Å². The lowest BCUT2D eigenvalue weighted by atomic mass is 9.99. The van der Waals surface area contributed by atoms with E-state index in [1.807, 2.05) is 12.4 Å². The van der Waals surface area contributed by atoms with Gasteiger partial charge >= 0.3 is 0 Å². The first-order valence-corrected chi connectivity index (χ1v) is 9.25. The fourth-order valence-electron chi connectivity index (χ4n) is 3.42. The molecule has 0 N–H and O–H groups in total. The summed E-state index contributed by atoms with van der Waals surface area (Å²) in [6.45, 7) is 10.2. The number of hydrogen-bond acceptors (Lipinski definition) is 4. The Hall–Kier alpha value is -1.42. The number of unbranched alkanes of at least 4 members (excludes halogenated alkanes) is 1. The zero-order valence-corrected chi connectivity index (χ0v) is 14.7. The zero-order chi connectivity index (χ0) is 16.1. The van der Waals surface area contributed by atoms with Crippen LogP contribution < -0.4 is 4.90 Å². The first kappa shape index (κ1) is 16.4. The lowest BCUT2D eigenvalue weighted by molar-refractivity contribution is 0.297. The van der Waals surface area contributed by atoms with E-state index in [9.17, 15) is 0 Å². The Bertz CT molecular complexity index is 515. The predicted molar refractivity (Wildman–Crippen MR) is 96.6 cm³/mol. The summed E-state index contributed by atoms with van der Waals surface area (Å²) >= 11 is 0. The van der Waals surface area contributed by atoms with Gasteiger partial charge in [-0.15, -0.1) is 0 Å². The first-order valence-electron chi connectivity index (χ1n) is 9.25. The first-order chi connectivity index (χ1) is 11.3. The van der Waals surface area contributed by atoms with Gasteiger partial charge in [0.25, 0.3) is 0 Å². The van der Waals surface area contributed by atoms with Crippen LogP contribution in [0.2, 0.25) is 0 Å². The van der Waals surface area contributed by atoms with Crippen LogP contribution in [0.25, 0.3) is 5.57 Å². The summed E-state index contributed by atoms with van der Waals surface area (Å²) in [5.74, 6) is 1.75. The third-order valence-corrected chi connectivity index (χ3v) is 5.20. The van der Waals surface area contributed by atoms with Crippen LogP contribution in [0.15, 0.2) is 18.5 Å². The smallest absolute Gasteiger partial charge is 0.225 e. The highest BCUT2D eigenvalue weighted by Gasteiger charge is 2.18. The molecule has 0 spiro atoms. The second kappa shape index (κ2) is 7.91. The van der Waals surface area contributed by atoms with E-state index in [1.165, 1.54) is 43.4 Å². The summed E-state index contributed by atoms with van der Waals surface area (Å²) in [7, 11) is 0. The van der Waals surface area contributed by atoms with E-state index in [-0.39, 0.29) is 0 Å². The molecule has 3 rings (SSSR count). The topological polar surface area (TPSA) is 32.3 Å². The molecule has 4 nitrogen and oxygen atoms in total. The van der Waals surface area contributed by atoms with Crippen LogP contribution in [-0.4, -0.2) is 47.6 Å². The minimum Gasteiger partial charge on any atom is -0.341 e. The number of hydrogen-bond donors (Lipinski definition) is 0. The van der Waals surface area contributed by atoms with E-state index in [2.05, 4.69) is 39.7 Å². The van der Waals surface area contributed by atoms with Gasteiger partial charge in [-0.2, -0.15) is 0 Å². The third kappa shape index (κ3) is 4.31. The lowest BCUT2D eigenvalue weighted by Gasteiger charge is -2.30. The summed E-state index contributed by atoms with van der Waals surface area (Å²) in [4.78, 5) is 14.1. The highest BCUT2D eigenvalue weighted by molar-refractivity contribution is 5.65. The molecule has 0 aromatic carbocycles. The van der Waals surface area contributed by atoms with Crippen LogP contribution in [-0.2, 0) is 0 Å². The molecule has 0 unspecified atom stereocenters. The van der Waals surface area contributed by atoms with Gasteiger partial charge in [0.05, 0.1) is 0 Å². The largest absolute Gasteiger partial charge is 0.341 e. The van der Waals surface area contributed by atoms with Crippen molar-refractivity contribution in [1.29, 1.82) is 0 Å². The molecule has 1 saturated heterocycles. The van der Waals surface area contributed by atoms with Crippen molar-refractivity contribution in [2.45, 2.75) is 46.0 Å². The van der Waals surface area contributed by atoms with Crippen LogP contribution in [0.1, 0.15) is 51.5 Å². The van der Waals surface area contributed by atoms with E-state index in [0.29, 0.717) is 0 Å². The molecule has 0 amide bonds. The fraction of sp³-hybridized carbons (Fsp3) is 0.684. The van der Waals surface area contributed by atoms with E-state index in [0.717, 1.165) is 44.5 Å². The summed E-state index contributed by atoms with van der Waals surface area (Å²) in [6, 6.07) is 0. The average molecular weight is 314 g/mol. The number of nitrogens with zero attached hydrogens (tertiary/aromatic N) is 4. The molecule has 0 saturated carbocycles. The number of rotatable bonds is 5. The van der Waals surface area contributed by atoms with Crippen molar-refractivity contribution in [3.05, 3.63) is 24.0 Å². The molecule has 0 radical (unpaired) electrons. The molecule has 1 aromatic rings. The highest BCUT2D eigenvalue weighted by Crippen LogP contribution is 2.24. The number of piperidine rings is 1. The molecule has 0 atom stereocenters. The Balaban J connectivity index is 1.58. The quantitative estimate of drug-likeness (QED) is 0.831. The van der Waals surface area contributed by atoms with E-state index >= 15 is 0 Å². The van der Waals surface area contributed by atoms with E-state index in [4.69, 9.17) is 0 Å². The van der Waals surface area contributed by atoms with Gasteiger partial charge in [0.1, 0.15) is 0 Å². The van der Waals surface area contributed by atoms with Gasteiger partial charge in [0.15, 0.2) is 0 Å². The SMILES string of the molecule is CCCCN1CC=C(c2cnc(N3CCC(C)CC3)nc2)CC1. The average Bonchev–Trinajstić information content (AvgIpc) is 2.61. The number of aromatic nitrogens is 2. The molecule has 1 fully saturated rings. The van der Waals surface area contributed by atoms with Crippen molar-refractivity contribution in [3.8, 4) is 0 Å². The Morgan fingerprint density at radius 3 is 2.48 bits per heavy atom. The van der Waals surface area contributed by atoms with Gasteiger partial charge < -0.3 is 4.90 Å². The van der Waals surface area contributed by atoms with Crippen molar-refractivity contribution in [1.82, 2.24) is 14.9 Å². The second-order valence-corrected chi connectivity index (χ2v) is 7.07. The summed E-state index contributed by atoms with van der Waals surface area (Å²) < 4.78 is 0. The molecular formula is C19H30N4. The number of anilines is 1. The van der Waals surface area contributed by atoms with Gasteiger partial charge in [-0.1, -0.05) is 26.3 Å². The predicted octanol–water partition coefficient (Wildman–Crippen LogP) is 3.60. The maximum Gasteiger partial charge on any atom is 0.225 e. The Labute approximate surface area is 140 Å². The second-order valence-electron chi connectivity index (χ2n) is 7.07. The molecule has 2 aliphatic rings. The molecule has 0 bridgehead atoms. The Morgan fingerprint density at radius 1 is 1.13 bits per heavy atom. The van der Waals surface area contributed by atoms with E-state index < -0.39 is 0 Å². The highest BCUT2D eigenvalue weighted by atomic mass is 15.2. The minimum atomic E-state index is 0.841. The standard InChI is InChI=1S/C19H30N4/c1-3-4-9-22-10-7-17(8-11-22)18-14-20-19(21-15-18)23-12-5-16(2)6-13-23/h7,14-16H,3-6,8-13H2,1-2H3. The molecule has 126 valence electrons. The lowest BCUT2D eigenvalue weighted by Crippen LogP contribution is -2.34. The van der Waals surface area contributed by atoms with Crippen molar-refractivity contribution in [2.24, 2.45) is 5.92 Å². The molecule has 2 aliphatic heterocycles. The summed E-state index contributed by atoms with van der Waals surface area (Å²) in [6.07, 6.45) is 12.6. The maximum atomic E-state index is 4.63. The maximum absolute atomic E-state index is 4.63. The van der Waals surface area contributed by atoms with Crippen LogP contribution in [0, 0.1) is 5.92 Å². The molecule has 23 heavy (non-hydrogen) atoms. The van der Waals surface area contributed by atoms with Crippen molar-refractivity contribution in [2.75, 3.05) is 37.6 Å². The van der Waals surface area contributed by atoms with Crippen LogP contribution in [0.4, 0.5) is 5.95 Å².